The van der Waals surface area contributed by atoms with E-state index in [4.69, 9.17) is 0 Å². The molecule has 0 amide bonds. The van der Waals surface area contributed by atoms with Crippen molar-refractivity contribution in [3.8, 4) is 0 Å². The summed E-state index contributed by atoms with van der Waals surface area (Å²) in [6.45, 7) is 3.94. The molecule has 1 atom stereocenters. The third kappa shape index (κ3) is 3.47. The fourth-order valence-electron chi connectivity index (χ4n) is 2.68. The summed E-state index contributed by atoms with van der Waals surface area (Å²) in [7, 11) is 1.95. The van der Waals surface area contributed by atoms with Crippen LogP contribution in [0.15, 0.2) is 40.9 Å². The standard InChI is InChI=1S/C17H19BrFN/c1-11-8-15(19)9-12(2)17(11)16(20-3)10-13-4-6-14(18)7-5-13/h4-9,16,20H,10H2,1-3H3. The Labute approximate surface area is 128 Å². The molecule has 0 aliphatic heterocycles. The normalized spacial score (nSPS) is 12.4. The van der Waals surface area contributed by atoms with Crippen LogP contribution >= 0.6 is 15.9 Å². The minimum absolute atomic E-state index is 0.165. The highest BCUT2D eigenvalue weighted by Crippen LogP contribution is 2.26. The van der Waals surface area contributed by atoms with Crippen molar-refractivity contribution in [1.29, 1.82) is 0 Å². The summed E-state index contributed by atoms with van der Waals surface area (Å²) in [5, 5.41) is 3.35. The van der Waals surface area contributed by atoms with Gasteiger partial charge < -0.3 is 5.32 Å². The lowest BCUT2D eigenvalue weighted by atomic mass is 9.92. The molecule has 0 saturated heterocycles. The number of nitrogens with one attached hydrogen (secondary N) is 1. The van der Waals surface area contributed by atoms with Crippen LogP contribution in [0.5, 0.6) is 0 Å². The van der Waals surface area contributed by atoms with Gasteiger partial charge >= 0.3 is 0 Å². The first-order chi connectivity index (χ1) is 9.51. The van der Waals surface area contributed by atoms with Crippen LogP contribution < -0.4 is 5.32 Å². The van der Waals surface area contributed by atoms with Gasteiger partial charge in [0, 0.05) is 10.5 Å². The Hall–Kier alpha value is -1.19. The van der Waals surface area contributed by atoms with Crippen molar-refractivity contribution in [2.45, 2.75) is 26.3 Å². The molecule has 3 heteroatoms. The van der Waals surface area contributed by atoms with Crippen LogP contribution in [0.2, 0.25) is 0 Å². The molecule has 1 nitrogen and oxygen atoms in total. The van der Waals surface area contributed by atoms with Crippen LogP contribution in [0.1, 0.15) is 28.3 Å². The molecular formula is C17H19BrFN. The summed E-state index contributed by atoms with van der Waals surface area (Å²) in [4.78, 5) is 0. The van der Waals surface area contributed by atoms with E-state index >= 15 is 0 Å². The second-order valence-electron chi connectivity index (χ2n) is 5.13. The SMILES string of the molecule is CNC(Cc1ccc(Br)cc1)c1c(C)cc(F)cc1C. The highest BCUT2D eigenvalue weighted by molar-refractivity contribution is 9.10. The van der Waals surface area contributed by atoms with Crippen molar-refractivity contribution in [2.24, 2.45) is 0 Å². The van der Waals surface area contributed by atoms with Crippen LogP contribution in [0, 0.1) is 19.7 Å². The zero-order valence-electron chi connectivity index (χ0n) is 12.0. The van der Waals surface area contributed by atoms with Crippen LogP contribution in [-0.4, -0.2) is 7.05 Å². The van der Waals surface area contributed by atoms with Crippen molar-refractivity contribution in [1.82, 2.24) is 5.32 Å². The van der Waals surface area contributed by atoms with Gasteiger partial charge in [-0.25, -0.2) is 4.39 Å². The fraction of sp³-hybridized carbons (Fsp3) is 0.294. The lowest BCUT2D eigenvalue weighted by molar-refractivity contribution is 0.578. The van der Waals surface area contributed by atoms with Crippen molar-refractivity contribution >= 4 is 15.9 Å². The van der Waals surface area contributed by atoms with Gasteiger partial charge in [0.25, 0.3) is 0 Å². The number of hydrogen-bond donors (Lipinski definition) is 1. The van der Waals surface area contributed by atoms with E-state index in [1.54, 1.807) is 12.1 Å². The molecule has 0 aliphatic carbocycles. The van der Waals surface area contributed by atoms with Gasteiger partial charge in [-0.1, -0.05) is 28.1 Å². The van der Waals surface area contributed by atoms with Crippen molar-refractivity contribution in [3.63, 3.8) is 0 Å². The highest BCUT2D eigenvalue weighted by atomic mass is 79.9. The highest BCUT2D eigenvalue weighted by Gasteiger charge is 2.16. The van der Waals surface area contributed by atoms with E-state index < -0.39 is 0 Å². The molecule has 20 heavy (non-hydrogen) atoms. The Bertz CT molecular complexity index is 569. The topological polar surface area (TPSA) is 12.0 Å². The van der Waals surface area contributed by atoms with Crippen molar-refractivity contribution in [3.05, 3.63) is 68.9 Å². The van der Waals surface area contributed by atoms with Crippen LogP contribution in [0.25, 0.3) is 0 Å². The number of hydrogen-bond acceptors (Lipinski definition) is 1. The Morgan fingerprint density at radius 3 is 2.15 bits per heavy atom. The van der Waals surface area contributed by atoms with E-state index in [1.807, 2.05) is 33.0 Å². The number of likely N-dealkylation sites (N-methyl/N-ethyl adjacent to an activating group) is 1. The summed E-state index contributed by atoms with van der Waals surface area (Å²) in [5.41, 5.74) is 4.45. The largest absolute Gasteiger partial charge is 0.313 e. The van der Waals surface area contributed by atoms with E-state index in [2.05, 4.69) is 33.4 Å². The first-order valence-corrected chi connectivity index (χ1v) is 7.49. The predicted octanol–water partition coefficient (Wildman–Crippen LogP) is 4.71. The van der Waals surface area contributed by atoms with Crippen LogP contribution in [0.4, 0.5) is 4.39 Å². The number of halogens is 2. The summed E-state index contributed by atoms with van der Waals surface area (Å²) in [6, 6.07) is 11.7. The minimum Gasteiger partial charge on any atom is -0.313 e. The number of benzene rings is 2. The summed E-state index contributed by atoms with van der Waals surface area (Å²) < 4.78 is 14.5. The van der Waals surface area contributed by atoms with Crippen LogP contribution in [-0.2, 0) is 6.42 Å². The molecule has 0 heterocycles. The molecule has 106 valence electrons. The number of aryl methyl sites for hydroxylation is 2. The van der Waals surface area contributed by atoms with Gasteiger partial charge in [-0.05, 0) is 73.8 Å². The predicted molar refractivity (Wildman–Crippen MR) is 85.5 cm³/mol. The molecule has 0 spiro atoms. The van der Waals surface area contributed by atoms with Gasteiger partial charge in [-0.15, -0.1) is 0 Å². The van der Waals surface area contributed by atoms with Crippen LogP contribution in [0.3, 0.4) is 0 Å². The molecule has 0 aliphatic rings. The van der Waals surface area contributed by atoms with Gasteiger partial charge in [0.1, 0.15) is 5.82 Å². The summed E-state index contributed by atoms with van der Waals surface area (Å²) in [5.74, 6) is -0.165. The fourth-order valence-corrected chi connectivity index (χ4v) is 2.94. The van der Waals surface area contributed by atoms with E-state index in [0.717, 1.165) is 22.0 Å². The minimum atomic E-state index is -0.165. The lowest BCUT2D eigenvalue weighted by Crippen LogP contribution is -2.21. The average Bonchev–Trinajstić information content (AvgIpc) is 2.38. The molecule has 1 N–H and O–H groups in total. The molecule has 0 saturated carbocycles. The molecule has 0 fully saturated rings. The van der Waals surface area contributed by atoms with E-state index in [1.165, 1.54) is 11.1 Å². The second kappa shape index (κ2) is 6.51. The van der Waals surface area contributed by atoms with E-state index in [-0.39, 0.29) is 11.9 Å². The molecule has 0 aromatic heterocycles. The van der Waals surface area contributed by atoms with Gasteiger partial charge in [0.05, 0.1) is 0 Å². The monoisotopic (exact) mass is 335 g/mol. The Balaban J connectivity index is 2.31. The van der Waals surface area contributed by atoms with Crippen molar-refractivity contribution in [2.75, 3.05) is 7.05 Å². The summed E-state index contributed by atoms with van der Waals surface area (Å²) in [6.07, 6.45) is 0.886. The Morgan fingerprint density at radius 1 is 1.10 bits per heavy atom. The smallest absolute Gasteiger partial charge is 0.123 e. The molecule has 2 rings (SSSR count). The molecule has 0 bridgehead atoms. The molecule has 2 aromatic carbocycles. The quantitative estimate of drug-likeness (QED) is 0.853. The number of rotatable bonds is 4. The molecule has 1 unspecified atom stereocenters. The summed E-state index contributed by atoms with van der Waals surface area (Å²) >= 11 is 3.45. The second-order valence-corrected chi connectivity index (χ2v) is 6.04. The maximum absolute atomic E-state index is 13.4. The molecular weight excluding hydrogens is 317 g/mol. The third-order valence-electron chi connectivity index (χ3n) is 3.61. The lowest BCUT2D eigenvalue weighted by Gasteiger charge is -2.21. The van der Waals surface area contributed by atoms with Gasteiger partial charge in [-0.3, -0.25) is 0 Å². The first kappa shape index (κ1) is 15.2. The molecule has 0 radical (unpaired) electrons. The van der Waals surface area contributed by atoms with Crippen molar-refractivity contribution < 1.29 is 4.39 Å². The van der Waals surface area contributed by atoms with E-state index in [9.17, 15) is 4.39 Å². The Kier molecular flexibility index (Phi) is 4.95. The molecule has 2 aromatic rings. The van der Waals surface area contributed by atoms with Gasteiger partial charge in [0.15, 0.2) is 0 Å². The zero-order valence-corrected chi connectivity index (χ0v) is 13.6. The average molecular weight is 336 g/mol. The van der Waals surface area contributed by atoms with E-state index in [0.29, 0.717) is 0 Å². The maximum atomic E-state index is 13.4. The Morgan fingerprint density at radius 2 is 1.65 bits per heavy atom. The van der Waals surface area contributed by atoms with Gasteiger partial charge in [0.2, 0.25) is 0 Å². The third-order valence-corrected chi connectivity index (χ3v) is 4.14. The van der Waals surface area contributed by atoms with Gasteiger partial charge in [-0.2, -0.15) is 0 Å². The first-order valence-electron chi connectivity index (χ1n) is 6.69. The maximum Gasteiger partial charge on any atom is 0.123 e. The zero-order chi connectivity index (χ0) is 14.7.